The first-order chi connectivity index (χ1) is 3.80. The Labute approximate surface area is 52.0 Å². The Bertz CT molecular complexity index is 229. The van der Waals surface area contributed by atoms with Crippen molar-refractivity contribution >= 4 is 12.2 Å². The predicted molar refractivity (Wildman–Crippen MR) is 31.8 cm³/mol. The van der Waals surface area contributed by atoms with Crippen molar-refractivity contribution in [3.05, 3.63) is 17.4 Å². The maximum atomic E-state index is 4.77. The van der Waals surface area contributed by atoms with Crippen LogP contribution in [0.2, 0.25) is 0 Å². The lowest BCUT2D eigenvalue weighted by molar-refractivity contribution is 0.799. The van der Waals surface area contributed by atoms with E-state index >= 15 is 0 Å². The number of rotatable bonds is 0. The summed E-state index contributed by atoms with van der Waals surface area (Å²) in [6.07, 6.45) is 3.05. The third-order valence-corrected chi connectivity index (χ3v) is 1.17. The smallest absolute Gasteiger partial charge is 0.201 e. The van der Waals surface area contributed by atoms with Crippen molar-refractivity contribution < 1.29 is 0 Å². The molecule has 42 valence electrons. The van der Waals surface area contributed by atoms with Crippen molar-refractivity contribution in [3.8, 4) is 0 Å². The molecular weight excluding hydrogens is 122 g/mol. The van der Waals surface area contributed by atoms with Gasteiger partial charge < -0.3 is 4.57 Å². The van der Waals surface area contributed by atoms with E-state index in [9.17, 15) is 0 Å². The molecule has 0 fully saturated rings. The summed E-state index contributed by atoms with van der Waals surface area (Å²) in [6.45, 7) is 0. The summed E-state index contributed by atoms with van der Waals surface area (Å²) in [4.78, 5) is 7.48. The third-order valence-electron chi connectivity index (χ3n) is 0.776. The fraction of sp³-hybridized carbons (Fsp3) is 0.250. The molecule has 1 aromatic heterocycles. The van der Waals surface area contributed by atoms with E-state index in [-0.39, 0.29) is 0 Å². The van der Waals surface area contributed by atoms with Crippen LogP contribution in [0.5, 0.6) is 0 Å². The molecule has 1 rings (SSSR count). The fourth-order valence-electron chi connectivity index (χ4n) is 0.353. The van der Waals surface area contributed by atoms with Gasteiger partial charge in [-0.25, -0.2) is 9.97 Å². The molecule has 0 unspecified atom stereocenters. The minimum atomic E-state index is 0.556. The van der Waals surface area contributed by atoms with Crippen LogP contribution in [0, 0.1) is 4.77 Å². The molecular formula is C4H5N3S. The van der Waals surface area contributed by atoms with Gasteiger partial charge in [-0.3, -0.25) is 0 Å². The second kappa shape index (κ2) is 2.00. The molecule has 0 aromatic carbocycles. The molecule has 0 aliphatic carbocycles. The quantitative estimate of drug-likeness (QED) is 0.477. The largest absolute Gasteiger partial charge is 0.311 e. The van der Waals surface area contributed by atoms with Gasteiger partial charge >= 0.3 is 0 Å². The first-order valence-corrected chi connectivity index (χ1v) is 2.54. The standard InChI is InChI=1S/C4H5N3S/c1-7-3-5-2-6-4(7)8/h2-3H,1H3. The maximum absolute atomic E-state index is 4.77. The highest BCUT2D eigenvalue weighted by atomic mass is 32.1. The van der Waals surface area contributed by atoms with Gasteiger partial charge in [0.25, 0.3) is 0 Å². The summed E-state index contributed by atoms with van der Waals surface area (Å²) in [6, 6.07) is 0. The van der Waals surface area contributed by atoms with Gasteiger partial charge in [-0.1, -0.05) is 0 Å². The van der Waals surface area contributed by atoms with Gasteiger partial charge in [0.1, 0.15) is 6.33 Å². The van der Waals surface area contributed by atoms with Crippen LogP contribution in [-0.2, 0) is 7.05 Å². The molecule has 0 spiro atoms. The first-order valence-electron chi connectivity index (χ1n) is 2.13. The first kappa shape index (κ1) is 5.37. The van der Waals surface area contributed by atoms with E-state index < -0.39 is 0 Å². The highest BCUT2D eigenvalue weighted by molar-refractivity contribution is 7.71. The van der Waals surface area contributed by atoms with Crippen LogP contribution in [-0.4, -0.2) is 14.5 Å². The van der Waals surface area contributed by atoms with E-state index in [1.54, 1.807) is 10.9 Å². The Kier molecular flexibility index (Phi) is 1.34. The molecule has 1 aromatic rings. The zero-order valence-electron chi connectivity index (χ0n) is 4.40. The molecule has 0 bridgehead atoms. The third kappa shape index (κ3) is 0.894. The molecule has 8 heavy (non-hydrogen) atoms. The lowest BCUT2D eigenvalue weighted by Crippen LogP contribution is -1.94. The van der Waals surface area contributed by atoms with E-state index in [2.05, 4.69) is 9.97 Å². The summed E-state index contributed by atoms with van der Waals surface area (Å²) in [5.41, 5.74) is 0. The van der Waals surface area contributed by atoms with Crippen LogP contribution in [0.15, 0.2) is 12.7 Å². The van der Waals surface area contributed by atoms with Crippen molar-refractivity contribution in [2.24, 2.45) is 7.05 Å². The van der Waals surface area contributed by atoms with Crippen molar-refractivity contribution in [2.45, 2.75) is 0 Å². The SMILES string of the molecule is Cn1cncnc1=S. The number of hydrogen-bond donors (Lipinski definition) is 0. The average Bonchev–Trinajstić information content (AvgIpc) is 1.77. The lowest BCUT2D eigenvalue weighted by Gasteiger charge is -1.90. The van der Waals surface area contributed by atoms with Crippen molar-refractivity contribution in [1.82, 2.24) is 14.5 Å². The van der Waals surface area contributed by atoms with Crippen molar-refractivity contribution in [1.29, 1.82) is 0 Å². The second-order valence-electron chi connectivity index (χ2n) is 1.40. The van der Waals surface area contributed by atoms with Gasteiger partial charge in [0.15, 0.2) is 0 Å². The van der Waals surface area contributed by atoms with Crippen LogP contribution in [0.4, 0.5) is 0 Å². The molecule has 0 N–H and O–H groups in total. The van der Waals surface area contributed by atoms with Crippen LogP contribution < -0.4 is 0 Å². The number of aryl methyl sites for hydroxylation is 1. The predicted octanol–water partition coefficient (Wildman–Crippen LogP) is 0.545. The van der Waals surface area contributed by atoms with Crippen LogP contribution in [0.3, 0.4) is 0 Å². The second-order valence-corrected chi connectivity index (χ2v) is 1.77. The molecule has 0 radical (unpaired) electrons. The van der Waals surface area contributed by atoms with Crippen LogP contribution in [0.25, 0.3) is 0 Å². The van der Waals surface area contributed by atoms with Crippen LogP contribution in [0.1, 0.15) is 0 Å². The van der Waals surface area contributed by atoms with Gasteiger partial charge in [0, 0.05) is 7.05 Å². The minimum absolute atomic E-state index is 0.556. The maximum Gasteiger partial charge on any atom is 0.201 e. The van der Waals surface area contributed by atoms with Gasteiger partial charge in [-0.15, -0.1) is 0 Å². The minimum Gasteiger partial charge on any atom is -0.311 e. The highest BCUT2D eigenvalue weighted by Crippen LogP contribution is 1.77. The Morgan fingerprint density at radius 3 is 2.88 bits per heavy atom. The van der Waals surface area contributed by atoms with Gasteiger partial charge in [-0.2, -0.15) is 0 Å². The summed E-state index contributed by atoms with van der Waals surface area (Å²) in [5, 5.41) is 0. The Balaban J connectivity index is 3.35. The van der Waals surface area contributed by atoms with Crippen LogP contribution >= 0.6 is 12.2 Å². The zero-order chi connectivity index (χ0) is 5.98. The molecule has 0 saturated carbocycles. The van der Waals surface area contributed by atoms with Gasteiger partial charge in [0.2, 0.25) is 4.77 Å². The number of hydrogen-bond acceptors (Lipinski definition) is 3. The van der Waals surface area contributed by atoms with E-state index in [0.717, 1.165) is 0 Å². The summed E-state index contributed by atoms with van der Waals surface area (Å²) in [7, 11) is 1.81. The molecule has 0 amide bonds. The Hall–Kier alpha value is -0.770. The summed E-state index contributed by atoms with van der Waals surface area (Å²) >= 11 is 4.77. The van der Waals surface area contributed by atoms with Gasteiger partial charge in [-0.05, 0) is 12.2 Å². The normalized spacial score (nSPS) is 9.12. The number of aromatic nitrogens is 3. The molecule has 0 aliphatic heterocycles. The summed E-state index contributed by atoms with van der Waals surface area (Å²) < 4.78 is 2.23. The Morgan fingerprint density at radius 1 is 1.75 bits per heavy atom. The van der Waals surface area contributed by atoms with Gasteiger partial charge in [0.05, 0.1) is 6.33 Å². The van der Waals surface area contributed by atoms with E-state index in [1.807, 2.05) is 7.05 Å². The van der Waals surface area contributed by atoms with E-state index in [1.165, 1.54) is 6.33 Å². The molecule has 4 heteroatoms. The zero-order valence-corrected chi connectivity index (χ0v) is 5.22. The average molecular weight is 127 g/mol. The highest BCUT2D eigenvalue weighted by Gasteiger charge is 1.77. The van der Waals surface area contributed by atoms with Crippen molar-refractivity contribution in [3.63, 3.8) is 0 Å². The summed E-state index contributed by atoms with van der Waals surface area (Å²) in [5.74, 6) is 0. The molecule has 3 nitrogen and oxygen atoms in total. The van der Waals surface area contributed by atoms with E-state index in [0.29, 0.717) is 4.77 Å². The molecule has 1 heterocycles. The lowest BCUT2D eigenvalue weighted by atomic mass is 11.0. The van der Waals surface area contributed by atoms with Crippen molar-refractivity contribution in [2.75, 3.05) is 0 Å². The molecule has 0 aliphatic rings. The topological polar surface area (TPSA) is 30.7 Å². The monoisotopic (exact) mass is 127 g/mol. The number of nitrogens with zero attached hydrogens (tertiary/aromatic N) is 3. The van der Waals surface area contributed by atoms with E-state index in [4.69, 9.17) is 12.2 Å². The fourth-order valence-corrected chi connectivity index (χ4v) is 0.447. The molecule has 0 atom stereocenters. The molecule has 0 saturated heterocycles. The Morgan fingerprint density at radius 2 is 2.50 bits per heavy atom.